The van der Waals surface area contributed by atoms with Gasteiger partial charge in [0.1, 0.15) is 0 Å². The Hall–Kier alpha value is 0.140. The number of halogens is 8. The summed E-state index contributed by atoms with van der Waals surface area (Å²) in [6.07, 6.45) is 0. The third kappa shape index (κ3) is 10.2. The van der Waals surface area contributed by atoms with Crippen LogP contribution in [0.4, 0.5) is 0 Å². The van der Waals surface area contributed by atoms with Gasteiger partial charge >= 0.3 is 15.6 Å². The van der Waals surface area contributed by atoms with E-state index in [-0.39, 0.29) is 41.7 Å². The largest absolute Gasteiger partial charge is 0.529 e. The highest BCUT2D eigenvalue weighted by Crippen LogP contribution is 2.53. The SMILES string of the molecule is COP(=O)(OC)O/C(=C\Cl)c1cc(Cl)c(Cl)cc1Cl.COP(=O)(OC)O/C(=C\Cl)c1cc(Cl)c(Cl)cc1Cl. The second-order valence-corrected chi connectivity index (χ2v) is 12.7. The highest BCUT2D eigenvalue weighted by Gasteiger charge is 2.28. The smallest absolute Gasteiger partial charge is 0.402 e. The number of rotatable bonds is 10. The molecule has 0 aliphatic heterocycles. The monoisotopic (exact) mass is 728 g/mol. The van der Waals surface area contributed by atoms with Crippen molar-refractivity contribution in [2.45, 2.75) is 0 Å². The lowest BCUT2D eigenvalue weighted by molar-refractivity contribution is 0.200. The maximum Gasteiger partial charge on any atom is 0.529 e. The Morgan fingerprint density at radius 3 is 1.05 bits per heavy atom. The lowest BCUT2D eigenvalue weighted by Gasteiger charge is -2.17. The molecule has 0 aliphatic carbocycles. The van der Waals surface area contributed by atoms with E-state index in [1.54, 1.807) is 0 Å². The molecule has 0 atom stereocenters. The third-order valence-electron chi connectivity index (χ3n) is 4.06. The Morgan fingerprint density at radius 1 is 0.553 bits per heavy atom. The zero-order chi connectivity index (χ0) is 29.3. The van der Waals surface area contributed by atoms with Crippen LogP contribution in [0.5, 0.6) is 0 Å². The average molecular weight is 732 g/mol. The van der Waals surface area contributed by atoms with E-state index in [0.717, 1.165) is 11.1 Å². The molecule has 0 aliphatic rings. The number of hydrogen-bond acceptors (Lipinski definition) is 8. The molecule has 0 saturated carbocycles. The molecular formula is C20H18Cl8O8P2. The Kier molecular flexibility index (Phi) is 15.8. The first kappa shape index (κ1) is 36.2. The zero-order valence-electron chi connectivity index (χ0n) is 19.6. The topological polar surface area (TPSA) is 89.5 Å². The highest BCUT2D eigenvalue weighted by molar-refractivity contribution is 7.49. The molecular weight excluding hydrogens is 714 g/mol. The van der Waals surface area contributed by atoms with E-state index >= 15 is 0 Å². The maximum absolute atomic E-state index is 11.9. The quantitative estimate of drug-likeness (QED) is 0.136. The lowest BCUT2D eigenvalue weighted by atomic mass is 10.2. The number of phosphoric acid groups is 2. The molecule has 8 nitrogen and oxygen atoms in total. The van der Waals surface area contributed by atoms with Crippen LogP contribution in [-0.4, -0.2) is 28.4 Å². The summed E-state index contributed by atoms with van der Waals surface area (Å²) in [7, 11) is -2.81. The predicted molar refractivity (Wildman–Crippen MR) is 156 cm³/mol. The van der Waals surface area contributed by atoms with Gasteiger partial charge in [0.25, 0.3) is 0 Å². The molecule has 0 aromatic heterocycles. The fourth-order valence-electron chi connectivity index (χ4n) is 2.22. The van der Waals surface area contributed by atoms with Crippen molar-refractivity contribution in [3.63, 3.8) is 0 Å². The minimum absolute atomic E-state index is 0.0164. The van der Waals surface area contributed by atoms with Gasteiger partial charge in [0.2, 0.25) is 0 Å². The molecule has 18 heteroatoms. The first-order valence-corrected chi connectivity index (χ1v) is 15.5. The van der Waals surface area contributed by atoms with Crippen molar-refractivity contribution < 1.29 is 36.3 Å². The van der Waals surface area contributed by atoms with Gasteiger partial charge in [-0.3, -0.25) is 18.1 Å². The molecule has 0 fully saturated rings. The van der Waals surface area contributed by atoms with Gasteiger partial charge < -0.3 is 9.05 Å². The van der Waals surface area contributed by atoms with Crippen LogP contribution < -0.4 is 0 Å². The van der Waals surface area contributed by atoms with Crippen molar-refractivity contribution in [3.05, 3.63) is 76.6 Å². The van der Waals surface area contributed by atoms with Crippen molar-refractivity contribution in [2.75, 3.05) is 28.4 Å². The second kappa shape index (κ2) is 16.5. The van der Waals surface area contributed by atoms with Gasteiger partial charge in [0.05, 0.1) is 30.1 Å². The maximum atomic E-state index is 11.9. The van der Waals surface area contributed by atoms with Gasteiger partial charge in [-0.1, -0.05) is 92.8 Å². The van der Waals surface area contributed by atoms with Crippen LogP contribution >= 0.6 is 108 Å². The van der Waals surface area contributed by atoms with E-state index in [0.29, 0.717) is 11.1 Å². The molecule has 38 heavy (non-hydrogen) atoms. The Balaban J connectivity index is 0.000000380. The van der Waals surface area contributed by atoms with Crippen LogP contribution in [0.25, 0.3) is 11.5 Å². The summed E-state index contributed by atoms with van der Waals surface area (Å²) in [5.41, 5.74) is 2.69. The van der Waals surface area contributed by atoms with Crippen LogP contribution in [0.2, 0.25) is 30.1 Å². The molecule has 2 aromatic rings. The normalized spacial score (nSPS) is 12.6. The summed E-state index contributed by atoms with van der Waals surface area (Å²) in [4.78, 5) is 0. The van der Waals surface area contributed by atoms with Crippen LogP contribution in [0, 0.1) is 0 Å². The Morgan fingerprint density at radius 2 is 0.816 bits per heavy atom. The summed E-state index contributed by atoms with van der Waals surface area (Å²) in [5, 5.41) is 1.47. The van der Waals surface area contributed by atoms with Crippen LogP contribution in [0.1, 0.15) is 11.1 Å². The minimum atomic E-state index is -3.75. The van der Waals surface area contributed by atoms with Crippen LogP contribution in [0.3, 0.4) is 0 Å². The van der Waals surface area contributed by atoms with E-state index in [4.69, 9.17) is 102 Å². The Bertz CT molecular complexity index is 1170. The van der Waals surface area contributed by atoms with E-state index in [1.807, 2.05) is 0 Å². The van der Waals surface area contributed by atoms with Crippen molar-refractivity contribution >= 4 is 120 Å². The van der Waals surface area contributed by atoms with Crippen molar-refractivity contribution in [2.24, 2.45) is 0 Å². The predicted octanol–water partition coefficient (Wildman–Crippen LogP) is 11.2. The van der Waals surface area contributed by atoms with Crippen molar-refractivity contribution in [1.29, 1.82) is 0 Å². The fraction of sp³-hybridized carbons (Fsp3) is 0.200. The van der Waals surface area contributed by atoms with E-state index in [1.165, 1.54) is 52.7 Å². The standard InChI is InChI=1S/2C10H9Cl4O4P/c2*1-16-19(15,17-2)18-10(5-11)6-3-8(13)9(14)4-7(6)12/h2*3-5H,1-2H3/b2*10-5-. The van der Waals surface area contributed by atoms with Gasteiger partial charge in [-0.2, -0.15) is 0 Å². The van der Waals surface area contributed by atoms with E-state index < -0.39 is 15.6 Å². The van der Waals surface area contributed by atoms with Crippen molar-refractivity contribution in [3.8, 4) is 0 Å². The van der Waals surface area contributed by atoms with E-state index in [2.05, 4.69) is 18.1 Å². The third-order valence-corrected chi connectivity index (χ3v) is 9.16. The van der Waals surface area contributed by atoms with Crippen LogP contribution in [-0.2, 0) is 36.3 Å². The van der Waals surface area contributed by atoms with Gasteiger partial charge in [-0.25, -0.2) is 9.13 Å². The molecule has 0 heterocycles. The molecule has 0 N–H and O–H groups in total. The zero-order valence-corrected chi connectivity index (χ0v) is 27.5. The average Bonchev–Trinajstić information content (AvgIpc) is 2.90. The minimum Gasteiger partial charge on any atom is -0.402 e. The Labute approximate surface area is 259 Å². The summed E-state index contributed by atoms with van der Waals surface area (Å²) >= 11 is 46.6. The number of benzene rings is 2. The lowest BCUT2D eigenvalue weighted by Crippen LogP contribution is -1.96. The van der Waals surface area contributed by atoms with Crippen LogP contribution in [0.15, 0.2) is 35.3 Å². The number of hydrogen-bond donors (Lipinski definition) is 0. The summed E-state index contributed by atoms with van der Waals surface area (Å²) in [6, 6.07) is 5.68. The molecule has 0 radical (unpaired) electrons. The molecule has 0 bridgehead atoms. The molecule has 212 valence electrons. The van der Waals surface area contributed by atoms with E-state index in [9.17, 15) is 9.13 Å². The second-order valence-electron chi connectivity index (χ2n) is 6.25. The molecule has 2 aromatic carbocycles. The van der Waals surface area contributed by atoms with Crippen molar-refractivity contribution in [1.82, 2.24) is 0 Å². The fourth-order valence-corrected chi connectivity index (χ4v) is 5.33. The van der Waals surface area contributed by atoms with Gasteiger partial charge in [-0.15, -0.1) is 0 Å². The molecule has 0 spiro atoms. The summed E-state index contributed by atoms with van der Waals surface area (Å²) in [6.45, 7) is 0. The molecule has 0 unspecified atom stereocenters. The van der Waals surface area contributed by atoms with Gasteiger partial charge in [0.15, 0.2) is 11.5 Å². The first-order chi connectivity index (χ1) is 17.7. The summed E-state index contributed by atoms with van der Waals surface area (Å²) in [5.74, 6) is -0.0328. The van der Waals surface area contributed by atoms with Gasteiger partial charge in [0, 0.05) is 50.6 Å². The molecule has 0 amide bonds. The molecule has 2 rings (SSSR count). The number of phosphoric ester groups is 2. The molecule has 0 saturated heterocycles. The first-order valence-electron chi connectivity index (χ1n) is 9.46. The highest BCUT2D eigenvalue weighted by atomic mass is 35.5. The summed E-state index contributed by atoms with van der Waals surface area (Å²) < 4.78 is 52.6. The van der Waals surface area contributed by atoms with Gasteiger partial charge in [-0.05, 0) is 24.3 Å².